The molecule has 0 radical (unpaired) electrons. The lowest BCUT2D eigenvalue weighted by Crippen LogP contribution is -2.08. The second-order valence-corrected chi connectivity index (χ2v) is 4.37. The summed E-state index contributed by atoms with van der Waals surface area (Å²) in [5.74, 6) is 2.65. The third kappa shape index (κ3) is 3.52. The lowest BCUT2D eigenvalue weighted by molar-refractivity contribution is 0.895. The Balaban J connectivity index is 1.92. The smallest absolute Gasteiger partial charge is 0.131 e. The van der Waals surface area contributed by atoms with E-state index in [-0.39, 0.29) is 0 Å². The molecule has 0 aliphatic carbocycles. The number of anilines is 1. The van der Waals surface area contributed by atoms with Crippen LogP contribution in [0.5, 0.6) is 0 Å². The monoisotopic (exact) mass is 295 g/mol. The highest BCUT2D eigenvalue weighted by atomic mass is 79.9. The summed E-state index contributed by atoms with van der Waals surface area (Å²) in [6.45, 7) is 2.83. The summed E-state index contributed by atoms with van der Waals surface area (Å²) < 4.78 is 0.810. The standard InChI is InChI=1S/C11H14BrN5/c1-2-9-16-8(12)7-11(17-9)13-4-3-10-14-5-6-15-10/h5-7H,2-4H2,1H3,(H,14,15)(H,13,16,17). The van der Waals surface area contributed by atoms with Gasteiger partial charge in [0, 0.05) is 37.8 Å². The molecule has 2 aromatic rings. The molecule has 2 heterocycles. The van der Waals surface area contributed by atoms with Crippen LogP contribution >= 0.6 is 15.9 Å². The minimum absolute atomic E-state index is 0.792. The summed E-state index contributed by atoms with van der Waals surface area (Å²) in [6, 6.07) is 1.88. The van der Waals surface area contributed by atoms with Crippen molar-refractivity contribution in [3.05, 3.63) is 34.7 Å². The predicted molar refractivity (Wildman–Crippen MR) is 69.9 cm³/mol. The number of aromatic nitrogens is 4. The average Bonchev–Trinajstić information content (AvgIpc) is 2.81. The van der Waals surface area contributed by atoms with E-state index in [0.29, 0.717) is 0 Å². The third-order valence-corrected chi connectivity index (χ3v) is 2.69. The van der Waals surface area contributed by atoms with Gasteiger partial charge in [-0.25, -0.2) is 15.0 Å². The van der Waals surface area contributed by atoms with Crippen molar-refractivity contribution in [3.8, 4) is 0 Å². The van der Waals surface area contributed by atoms with Crippen LogP contribution in [0.3, 0.4) is 0 Å². The topological polar surface area (TPSA) is 66.5 Å². The van der Waals surface area contributed by atoms with Gasteiger partial charge in [-0.15, -0.1) is 0 Å². The Morgan fingerprint density at radius 3 is 3.00 bits per heavy atom. The number of halogens is 1. The molecule has 2 rings (SSSR count). The zero-order valence-electron chi connectivity index (χ0n) is 9.57. The average molecular weight is 296 g/mol. The molecule has 17 heavy (non-hydrogen) atoms. The summed E-state index contributed by atoms with van der Waals surface area (Å²) in [5.41, 5.74) is 0. The molecule has 0 amide bonds. The van der Waals surface area contributed by atoms with Crippen LogP contribution in [0.15, 0.2) is 23.1 Å². The lowest BCUT2D eigenvalue weighted by Gasteiger charge is -2.06. The molecule has 0 saturated heterocycles. The minimum Gasteiger partial charge on any atom is -0.369 e. The van der Waals surface area contributed by atoms with Crippen LogP contribution < -0.4 is 5.32 Å². The van der Waals surface area contributed by atoms with Crippen LogP contribution in [0.1, 0.15) is 18.6 Å². The van der Waals surface area contributed by atoms with Gasteiger partial charge in [0.2, 0.25) is 0 Å². The molecule has 90 valence electrons. The first-order valence-electron chi connectivity index (χ1n) is 5.53. The molecule has 0 bridgehead atoms. The van der Waals surface area contributed by atoms with Crippen molar-refractivity contribution in [2.45, 2.75) is 19.8 Å². The molecule has 0 saturated carbocycles. The van der Waals surface area contributed by atoms with Crippen molar-refractivity contribution in [2.75, 3.05) is 11.9 Å². The fourth-order valence-electron chi connectivity index (χ4n) is 1.46. The van der Waals surface area contributed by atoms with Gasteiger partial charge in [-0.3, -0.25) is 0 Å². The SMILES string of the molecule is CCc1nc(Br)cc(NCCc2ncc[nH]2)n1. The highest BCUT2D eigenvalue weighted by molar-refractivity contribution is 9.10. The highest BCUT2D eigenvalue weighted by Gasteiger charge is 2.01. The van der Waals surface area contributed by atoms with Crippen LogP contribution in [-0.2, 0) is 12.8 Å². The normalized spacial score (nSPS) is 10.5. The molecular formula is C11H14BrN5. The summed E-state index contributed by atoms with van der Waals surface area (Å²) in [6.07, 6.45) is 5.25. The number of hydrogen-bond donors (Lipinski definition) is 2. The fraction of sp³-hybridized carbons (Fsp3) is 0.364. The number of nitrogens with zero attached hydrogens (tertiary/aromatic N) is 3. The summed E-state index contributed by atoms with van der Waals surface area (Å²) in [4.78, 5) is 15.9. The maximum atomic E-state index is 4.39. The Hall–Kier alpha value is -1.43. The van der Waals surface area contributed by atoms with E-state index >= 15 is 0 Å². The van der Waals surface area contributed by atoms with Crippen molar-refractivity contribution >= 4 is 21.7 Å². The zero-order valence-corrected chi connectivity index (χ0v) is 11.2. The molecule has 0 aliphatic heterocycles. The second-order valence-electron chi connectivity index (χ2n) is 3.56. The van der Waals surface area contributed by atoms with E-state index in [0.717, 1.165) is 41.5 Å². The molecule has 0 unspecified atom stereocenters. The van der Waals surface area contributed by atoms with Gasteiger partial charge in [0.1, 0.15) is 22.1 Å². The van der Waals surface area contributed by atoms with Crippen LogP contribution in [0.2, 0.25) is 0 Å². The van der Waals surface area contributed by atoms with E-state index in [2.05, 4.69) is 41.2 Å². The number of imidazole rings is 1. The van der Waals surface area contributed by atoms with E-state index in [1.165, 1.54) is 0 Å². The minimum atomic E-state index is 0.792. The maximum Gasteiger partial charge on any atom is 0.131 e. The first-order valence-corrected chi connectivity index (χ1v) is 6.33. The first kappa shape index (κ1) is 12.0. The lowest BCUT2D eigenvalue weighted by atomic mass is 10.4. The second kappa shape index (κ2) is 5.77. The van der Waals surface area contributed by atoms with Crippen LogP contribution in [-0.4, -0.2) is 26.5 Å². The van der Waals surface area contributed by atoms with E-state index in [1.54, 1.807) is 6.20 Å². The van der Waals surface area contributed by atoms with Crippen molar-refractivity contribution < 1.29 is 0 Å². The van der Waals surface area contributed by atoms with Gasteiger partial charge in [0.25, 0.3) is 0 Å². The fourth-order valence-corrected chi connectivity index (χ4v) is 1.88. The molecule has 2 aromatic heterocycles. The Bertz CT molecular complexity index is 469. The Morgan fingerprint density at radius 2 is 2.29 bits per heavy atom. The van der Waals surface area contributed by atoms with E-state index in [9.17, 15) is 0 Å². The molecule has 0 aliphatic rings. The number of H-pyrrole nitrogens is 1. The molecule has 0 fully saturated rings. The van der Waals surface area contributed by atoms with Gasteiger partial charge in [-0.1, -0.05) is 6.92 Å². The molecule has 0 spiro atoms. The largest absolute Gasteiger partial charge is 0.369 e. The molecular weight excluding hydrogens is 282 g/mol. The Labute approximate surface area is 108 Å². The van der Waals surface area contributed by atoms with Gasteiger partial charge in [-0.05, 0) is 15.9 Å². The van der Waals surface area contributed by atoms with Crippen molar-refractivity contribution in [2.24, 2.45) is 0 Å². The summed E-state index contributed by atoms with van der Waals surface area (Å²) in [5, 5.41) is 3.26. The molecule has 6 heteroatoms. The van der Waals surface area contributed by atoms with Gasteiger partial charge in [0.05, 0.1) is 0 Å². The number of nitrogens with one attached hydrogen (secondary N) is 2. The molecule has 5 nitrogen and oxygen atoms in total. The maximum absolute atomic E-state index is 4.39. The number of aromatic amines is 1. The summed E-state index contributed by atoms with van der Waals surface area (Å²) >= 11 is 3.37. The van der Waals surface area contributed by atoms with Crippen LogP contribution in [0.25, 0.3) is 0 Å². The van der Waals surface area contributed by atoms with Gasteiger partial charge in [-0.2, -0.15) is 0 Å². The number of rotatable bonds is 5. The van der Waals surface area contributed by atoms with E-state index in [4.69, 9.17) is 0 Å². The van der Waals surface area contributed by atoms with Crippen LogP contribution in [0, 0.1) is 0 Å². The third-order valence-electron chi connectivity index (χ3n) is 2.28. The molecule has 2 N–H and O–H groups in total. The highest BCUT2D eigenvalue weighted by Crippen LogP contribution is 2.12. The number of hydrogen-bond acceptors (Lipinski definition) is 4. The Morgan fingerprint density at radius 1 is 1.41 bits per heavy atom. The van der Waals surface area contributed by atoms with E-state index in [1.807, 2.05) is 19.2 Å². The van der Waals surface area contributed by atoms with Gasteiger partial charge in [0.15, 0.2) is 0 Å². The summed E-state index contributed by atoms with van der Waals surface area (Å²) in [7, 11) is 0. The van der Waals surface area contributed by atoms with E-state index < -0.39 is 0 Å². The van der Waals surface area contributed by atoms with Crippen molar-refractivity contribution in [1.29, 1.82) is 0 Å². The first-order chi connectivity index (χ1) is 8.28. The van der Waals surface area contributed by atoms with Crippen molar-refractivity contribution in [1.82, 2.24) is 19.9 Å². The zero-order chi connectivity index (χ0) is 12.1. The predicted octanol–water partition coefficient (Wildman–Crippen LogP) is 2.18. The van der Waals surface area contributed by atoms with Crippen molar-refractivity contribution in [3.63, 3.8) is 0 Å². The molecule has 0 atom stereocenters. The van der Waals surface area contributed by atoms with Gasteiger partial charge < -0.3 is 10.3 Å². The Kier molecular flexibility index (Phi) is 4.08. The quantitative estimate of drug-likeness (QED) is 0.830. The van der Waals surface area contributed by atoms with Crippen LogP contribution in [0.4, 0.5) is 5.82 Å². The number of aryl methyl sites for hydroxylation is 1. The van der Waals surface area contributed by atoms with Gasteiger partial charge >= 0.3 is 0 Å². The molecule has 0 aromatic carbocycles.